The van der Waals surface area contributed by atoms with E-state index in [0.29, 0.717) is 30.0 Å². The van der Waals surface area contributed by atoms with Gasteiger partial charge in [0.15, 0.2) is 11.6 Å². The van der Waals surface area contributed by atoms with Crippen LogP contribution in [-0.4, -0.2) is 13.7 Å². The lowest BCUT2D eigenvalue weighted by Crippen LogP contribution is -2.31. The fraction of sp³-hybridized carbons (Fsp3) is 0.647. The summed E-state index contributed by atoms with van der Waals surface area (Å²) in [5.74, 6) is 2.04. The molecule has 0 aromatic heterocycles. The molecule has 0 spiro atoms. The number of rotatable bonds is 4. The molecule has 1 aromatic rings. The normalized spacial score (nSPS) is 26.8. The van der Waals surface area contributed by atoms with Crippen molar-refractivity contribution in [1.29, 1.82) is 0 Å². The third-order valence-electron chi connectivity index (χ3n) is 4.89. The first kappa shape index (κ1) is 15.3. The summed E-state index contributed by atoms with van der Waals surface area (Å²) in [4.78, 5) is 0. The highest BCUT2D eigenvalue weighted by Gasteiger charge is 2.33. The Kier molecular flexibility index (Phi) is 5.03. The summed E-state index contributed by atoms with van der Waals surface area (Å²) < 4.78 is 19.6. The van der Waals surface area contributed by atoms with Gasteiger partial charge in [-0.25, -0.2) is 4.39 Å². The van der Waals surface area contributed by atoms with Crippen LogP contribution in [0.3, 0.4) is 0 Å². The van der Waals surface area contributed by atoms with E-state index in [1.165, 1.54) is 13.5 Å². The summed E-state index contributed by atoms with van der Waals surface area (Å²) in [6, 6.07) is 5.46. The number of nitrogens with two attached hydrogens (primary N) is 1. The maximum absolute atomic E-state index is 14.5. The Hall–Kier alpha value is -1.09. The average molecular weight is 279 g/mol. The highest BCUT2D eigenvalue weighted by atomic mass is 19.1. The van der Waals surface area contributed by atoms with Crippen LogP contribution in [0.1, 0.15) is 44.6 Å². The molecule has 2 N–H and O–H groups in total. The number of benzene rings is 1. The van der Waals surface area contributed by atoms with Gasteiger partial charge in [-0.3, -0.25) is 0 Å². The minimum absolute atomic E-state index is 0.206. The largest absolute Gasteiger partial charge is 0.494 e. The summed E-state index contributed by atoms with van der Waals surface area (Å²) in [5, 5.41) is 0. The zero-order chi connectivity index (χ0) is 14.7. The smallest absolute Gasteiger partial charge is 0.168 e. The predicted octanol–water partition coefficient (Wildman–Crippen LogP) is 3.95. The Bertz CT molecular complexity index is 447. The summed E-state index contributed by atoms with van der Waals surface area (Å²) in [7, 11) is 1.51. The number of ether oxygens (including phenoxy) is 1. The number of hydrogen-bond donors (Lipinski definition) is 1. The van der Waals surface area contributed by atoms with Crippen LogP contribution in [0, 0.1) is 23.6 Å². The van der Waals surface area contributed by atoms with Gasteiger partial charge in [0, 0.05) is 0 Å². The third kappa shape index (κ3) is 2.98. The second kappa shape index (κ2) is 6.57. The molecule has 1 aromatic carbocycles. The van der Waals surface area contributed by atoms with Gasteiger partial charge in [0.25, 0.3) is 0 Å². The molecule has 2 rings (SSSR count). The second-order valence-electron chi connectivity index (χ2n) is 6.28. The van der Waals surface area contributed by atoms with Crippen molar-refractivity contribution in [3.8, 4) is 5.75 Å². The minimum Gasteiger partial charge on any atom is -0.494 e. The predicted molar refractivity (Wildman–Crippen MR) is 80.4 cm³/mol. The fourth-order valence-corrected chi connectivity index (χ4v) is 3.51. The molecule has 0 heterocycles. The average Bonchev–Trinajstić information content (AvgIpc) is 2.46. The van der Waals surface area contributed by atoms with E-state index < -0.39 is 0 Å². The molecule has 0 radical (unpaired) electrons. The van der Waals surface area contributed by atoms with E-state index in [1.54, 1.807) is 6.07 Å². The van der Waals surface area contributed by atoms with Gasteiger partial charge in [0.2, 0.25) is 0 Å². The van der Waals surface area contributed by atoms with Crippen molar-refractivity contribution in [3.63, 3.8) is 0 Å². The lowest BCUT2D eigenvalue weighted by molar-refractivity contribution is 0.194. The summed E-state index contributed by atoms with van der Waals surface area (Å²) in [6.07, 6.45) is 3.34. The monoisotopic (exact) mass is 279 g/mol. The second-order valence-corrected chi connectivity index (χ2v) is 6.28. The van der Waals surface area contributed by atoms with E-state index >= 15 is 0 Å². The third-order valence-corrected chi connectivity index (χ3v) is 4.89. The standard InChI is InChI=1S/C17H26FNO/c1-11(2)12-7-8-13(10-19)15(9-12)14-5-4-6-16(20-3)17(14)18/h4-6,11-13,15H,7-10,19H2,1-3H3. The molecule has 1 fully saturated rings. The Morgan fingerprint density at radius 1 is 1.35 bits per heavy atom. The lowest BCUT2D eigenvalue weighted by Gasteiger charge is -2.38. The van der Waals surface area contributed by atoms with E-state index in [1.807, 2.05) is 12.1 Å². The van der Waals surface area contributed by atoms with Gasteiger partial charge < -0.3 is 10.5 Å². The molecular formula is C17H26FNO. The van der Waals surface area contributed by atoms with E-state index in [0.717, 1.165) is 18.4 Å². The first-order valence-electron chi connectivity index (χ1n) is 7.60. The van der Waals surface area contributed by atoms with Crippen molar-refractivity contribution < 1.29 is 9.13 Å². The zero-order valence-electron chi connectivity index (χ0n) is 12.7. The highest BCUT2D eigenvalue weighted by Crippen LogP contribution is 2.44. The maximum atomic E-state index is 14.5. The summed E-state index contributed by atoms with van der Waals surface area (Å²) in [6.45, 7) is 5.14. The van der Waals surface area contributed by atoms with Crippen LogP contribution >= 0.6 is 0 Å². The van der Waals surface area contributed by atoms with Crippen LogP contribution in [0.25, 0.3) is 0 Å². The molecule has 3 atom stereocenters. The molecule has 3 unspecified atom stereocenters. The molecule has 1 aliphatic rings. The number of methoxy groups -OCH3 is 1. The van der Waals surface area contributed by atoms with Crippen molar-refractivity contribution in [1.82, 2.24) is 0 Å². The fourth-order valence-electron chi connectivity index (χ4n) is 3.51. The van der Waals surface area contributed by atoms with Crippen molar-refractivity contribution in [2.75, 3.05) is 13.7 Å². The van der Waals surface area contributed by atoms with Gasteiger partial charge in [0.05, 0.1) is 7.11 Å². The van der Waals surface area contributed by atoms with E-state index in [-0.39, 0.29) is 11.7 Å². The van der Waals surface area contributed by atoms with Gasteiger partial charge in [-0.2, -0.15) is 0 Å². The first-order chi connectivity index (χ1) is 9.58. The molecule has 1 saturated carbocycles. The minimum atomic E-state index is -0.206. The topological polar surface area (TPSA) is 35.2 Å². The van der Waals surface area contributed by atoms with Crippen molar-refractivity contribution in [3.05, 3.63) is 29.6 Å². The van der Waals surface area contributed by atoms with E-state index in [4.69, 9.17) is 10.5 Å². The molecule has 0 aliphatic heterocycles. The summed E-state index contributed by atoms with van der Waals surface area (Å²) >= 11 is 0. The maximum Gasteiger partial charge on any atom is 0.168 e. The van der Waals surface area contributed by atoms with Gasteiger partial charge in [-0.15, -0.1) is 0 Å². The quantitative estimate of drug-likeness (QED) is 0.905. The van der Waals surface area contributed by atoms with Crippen LogP contribution < -0.4 is 10.5 Å². The van der Waals surface area contributed by atoms with Crippen molar-refractivity contribution in [2.45, 2.75) is 39.0 Å². The molecule has 0 saturated heterocycles. The van der Waals surface area contributed by atoms with Crippen LogP contribution in [0.4, 0.5) is 4.39 Å². The van der Waals surface area contributed by atoms with Crippen LogP contribution in [0.2, 0.25) is 0 Å². The van der Waals surface area contributed by atoms with Gasteiger partial charge in [-0.1, -0.05) is 26.0 Å². The van der Waals surface area contributed by atoms with E-state index in [9.17, 15) is 4.39 Å². The van der Waals surface area contributed by atoms with Gasteiger partial charge in [0.1, 0.15) is 0 Å². The first-order valence-corrected chi connectivity index (χ1v) is 7.60. The molecule has 0 amide bonds. The number of halogens is 1. The Balaban J connectivity index is 2.31. The van der Waals surface area contributed by atoms with E-state index in [2.05, 4.69) is 13.8 Å². The SMILES string of the molecule is COc1cccc(C2CC(C(C)C)CCC2CN)c1F. The van der Waals surface area contributed by atoms with Crippen LogP contribution in [0.15, 0.2) is 18.2 Å². The highest BCUT2D eigenvalue weighted by molar-refractivity contribution is 5.34. The van der Waals surface area contributed by atoms with Gasteiger partial charge in [-0.05, 0) is 61.1 Å². The molecule has 1 aliphatic carbocycles. The van der Waals surface area contributed by atoms with Gasteiger partial charge >= 0.3 is 0 Å². The van der Waals surface area contributed by atoms with Crippen molar-refractivity contribution in [2.24, 2.45) is 23.5 Å². The lowest BCUT2D eigenvalue weighted by atomic mass is 9.68. The van der Waals surface area contributed by atoms with Crippen molar-refractivity contribution >= 4 is 0 Å². The molecule has 20 heavy (non-hydrogen) atoms. The molecule has 3 heteroatoms. The van der Waals surface area contributed by atoms with Crippen LogP contribution in [-0.2, 0) is 0 Å². The Labute approximate surface area is 121 Å². The molecule has 0 bridgehead atoms. The zero-order valence-corrected chi connectivity index (χ0v) is 12.7. The molecule has 2 nitrogen and oxygen atoms in total. The van der Waals surface area contributed by atoms with Crippen LogP contribution in [0.5, 0.6) is 5.75 Å². The summed E-state index contributed by atoms with van der Waals surface area (Å²) in [5.41, 5.74) is 6.70. The molecule has 112 valence electrons. The Morgan fingerprint density at radius 2 is 2.10 bits per heavy atom. The Morgan fingerprint density at radius 3 is 2.70 bits per heavy atom. The molecular weight excluding hydrogens is 253 g/mol. The number of hydrogen-bond acceptors (Lipinski definition) is 2.